The molecule has 4 rings (SSSR count). The quantitative estimate of drug-likeness (QED) is 0.558. The topological polar surface area (TPSA) is 102 Å². The highest BCUT2D eigenvalue weighted by Crippen LogP contribution is 2.22. The fraction of sp³-hybridized carbons (Fsp3) is 0.158. The van der Waals surface area contributed by atoms with Crippen molar-refractivity contribution in [2.24, 2.45) is 0 Å². The molecule has 0 saturated heterocycles. The summed E-state index contributed by atoms with van der Waals surface area (Å²) in [5, 5.41) is 18.2. The zero-order valence-corrected chi connectivity index (χ0v) is 14.4. The number of hydrogen-bond acceptors (Lipinski definition) is 5. The third-order valence-electron chi connectivity index (χ3n) is 4.31. The summed E-state index contributed by atoms with van der Waals surface area (Å²) >= 11 is 0. The number of carbonyl (C=O) groups excluding carboxylic acids is 1. The Bertz CT molecular complexity index is 1190. The van der Waals surface area contributed by atoms with Crippen molar-refractivity contribution in [1.82, 2.24) is 19.3 Å². The summed E-state index contributed by atoms with van der Waals surface area (Å²) in [5.74, 6) is -0.322. The molecule has 136 valence electrons. The summed E-state index contributed by atoms with van der Waals surface area (Å²) in [6.07, 6.45) is 2.72. The van der Waals surface area contributed by atoms with Crippen molar-refractivity contribution in [3.05, 3.63) is 65.3 Å². The van der Waals surface area contributed by atoms with Crippen LogP contribution in [0.15, 0.2) is 59.8 Å². The van der Waals surface area contributed by atoms with E-state index in [-0.39, 0.29) is 31.2 Å². The molecule has 2 aromatic carbocycles. The van der Waals surface area contributed by atoms with Crippen molar-refractivity contribution in [2.75, 3.05) is 11.9 Å². The molecule has 0 unspecified atom stereocenters. The molecule has 2 aromatic heterocycles. The second-order valence-corrected chi connectivity index (χ2v) is 6.08. The van der Waals surface area contributed by atoms with Crippen LogP contribution in [0.4, 0.5) is 5.69 Å². The van der Waals surface area contributed by atoms with Gasteiger partial charge in [0.1, 0.15) is 18.3 Å². The number of aliphatic hydroxyl groups is 1. The summed E-state index contributed by atoms with van der Waals surface area (Å²) in [6, 6.07) is 13.4. The fourth-order valence-electron chi connectivity index (χ4n) is 3.05. The minimum atomic E-state index is -0.350. The van der Waals surface area contributed by atoms with E-state index in [0.717, 1.165) is 10.8 Å². The lowest BCUT2D eigenvalue weighted by atomic mass is 10.1. The van der Waals surface area contributed by atoms with Crippen LogP contribution >= 0.6 is 0 Å². The smallest absolute Gasteiger partial charge is 0.264 e. The highest BCUT2D eigenvalue weighted by Gasteiger charge is 2.12. The molecule has 2 heterocycles. The minimum Gasteiger partial charge on any atom is -0.394 e. The Morgan fingerprint density at radius 3 is 2.78 bits per heavy atom. The van der Waals surface area contributed by atoms with Gasteiger partial charge in [-0.15, -0.1) is 0 Å². The van der Waals surface area contributed by atoms with E-state index in [0.29, 0.717) is 16.7 Å². The maximum Gasteiger partial charge on any atom is 0.264 e. The molecular weight excluding hydrogens is 346 g/mol. The van der Waals surface area contributed by atoms with Crippen LogP contribution in [0.1, 0.15) is 0 Å². The van der Waals surface area contributed by atoms with E-state index in [2.05, 4.69) is 15.4 Å². The molecule has 0 bridgehead atoms. The van der Waals surface area contributed by atoms with Crippen LogP contribution in [-0.2, 0) is 17.9 Å². The first-order valence-electron chi connectivity index (χ1n) is 8.47. The molecule has 0 radical (unpaired) electrons. The van der Waals surface area contributed by atoms with Gasteiger partial charge in [-0.3, -0.25) is 14.2 Å². The van der Waals surface area contributed by atoms with Gasteiger partial charge in [-0.05, 0) is 11.5 Å². The van der Waals surface area contributed by atoms with E-state index in [4.69, 9.17) is 5.11 Å². The lowest BCUT2D eigenvalue weighted by molar-refractivity contribution is -0.116. The van der Waals surface area contributed by atoms with E-state index < -0.39 is 0 Å². The second-order valence-electron chi connectivity index (χ2n) is 6.08. The normalized spacial score (nSPS) is 11.1. The van der Waals surface area contributed by atoms with Gasteiger partial charge in [-0.2, -0.15) is 5.10 Å². The van der Waals surface area contributed by atoms with Crippen LogP contribution < -0.4 is 10.9 Å². The van der Waals surface area contributed by atoms with Gasteiger partial charge in [0.2, 0.25) is 5.91 Å². The van der Waals surface area contributed by atoms with Gasteiger partial charge in [0, 0.05) is 11.1 Å². The molecule has 1 amide bonds. The number of carbonyl (C=O) groups is 1. The number of aromatic nitrogens is 4. The molecule has 8 heteroatoms. The van der Waals surface area contributed by atoms with Crippen molar-refractivity contribution in [1.29, 1.82) is 0 Å². The number of benzene rings is 2. The molecule has 0 atom stereocenters. The molecule has 0 spiro atoms. The maximum absolute atomic E-state index is 12.6. The van der Waals surface area contributed by atoms with Gasteiger partial charge >= 0.3 is 0 Å². The SMILES string of the molecule is O=C(Cn1cnc2c(cnn2CCO)c1=O)Nc1cccc2ccccc12. The molecule has 0 aliphatic heterocycles. The zero-order valence-electron chi connectivity index (χ0n) is 14.4. The Balaban J connectivity index is 1.59. The average molecular weight is 363 g/mol. The molecule has 8 nitrogen and oxygen atoms in total. The van der Waals surface area contributed by atoms with Crippen molar-refractivity contribution < 1.29 is 9.90 Å². The molecular formula is C19H17N5O3. The van der Waals surface area contributed by atoms with Crippen LogP contribution in [-0.4, -0.2) is 37.0 Å². The molecule has 0 aliphatic rings. The van der Waals surface area contributed by atoms with E-state index in [1.807, 2.05) is 42.5 Å². The largest absolute Gasteiger partial charge is 0.394 e. The lowest BCUT2D eigenvalue weighted by Crippen LogP contribution is -2.28. The first-order chi connectivity index (χ1) is 13.2. The molecule has 0 fully saturated rings. The zero-order chi connectivity index (χ0) is 18.8. The molecule has 2 N–H and O–H groups in total. The van der Waals surface area contributed by atoms with Crippen LogP contribution in [0.25, 0.3) is 21.8 Å². The number of nitrogens with zero attached hydrogens (tertiary/aromatic N) is 4. The first-order valence-corrected chi connectivity index (χ1v) is 8.47. The summed E-state index contributed by atoms with van der Waals surface area (Å²) in [5.41, 5.74) is 0.730. The van der Waals surface area contributed by atoms with Crippen molar-refractivity contribution >= 4 is 33.4 Å². The van der Waals surface area contributed by atoms with Crippen LogP contribution in [0.5, 0.6) is 0 Å². The number of nitrogens with one attached hydrogen (secondary N) is 1. The predicted octanol–water partition coefficient (Wildman–Crippen LogP) is 1.38. The molecule has 27 heavy (non-hydrogen) atoms. The summed E-state index contributed by atoms with van der Waals surface area (Å²) in [6.45, 7) is -0.00726. The summed E-state index contributed by atoms with van der Waals surface area (Å²) in [7, 11) is 0. The second kappa shape index (κ2) is 7.00. The average Bonchev–Trinajstić information content (AvgIpc) is 3.08. The number of anilines is 1. The molecule has 0 saturated carbocycles. The van der Waals surface area contributed by atoms with Crippen LogP contribution in [0.2, 0.25) is 0 Å². The first kappa shape index (κ1) is 16.9. The molecule has 4 aromatic rings. The van der Waals surface area contributed by atoms with Crippen molar-refractivity contribution in [3.8, 4) is 0 Å². The Labute approximate surface area is 153 Å². The van der Waals surface area contributed by atoms with Crippen LogP contribution in [0.3, 0.4) is 0 Å². The third kappa shape index (κ3) is 3.18. The van der Waals surface area contributed by atoms with Gasteiger partial charge < -0.3 is 10.4 Å². The Kier molecular flexibility index (Phi) is 4.39. The highest BCUT2D eigenvalue weighted by molar-refractivity contribution is 6.02. The van der Waals surface area contributed by atoms with Gasteiger partial charge in [0.25, 0.3) is 5.56 Å². The molecule has 0 aliphatic carbocycles. The van der Waals surface area contributed by atoms with Gasteiger partial charge in [0.15, 0.2) is 5.65 Å². The number of amides is 1. The Morgan fingerprint density at radius 2 is 1.93 bits per heavy atom. The van der Waals surface area contributed by atoms with Crippen molar-refractivity contribution in [2.45, 2.75) is 13.1 Å². The van der Waals surface area contributed by atoms with Gasteiger partial charge in [-0.25, -0.2) is 9.67 Å². The predicted molar refractivity (Wildman–Crippen MR) is 101 cm³/mol. The Morgan fingerprint density at radius 1 is 1.11 bits per heavy atom. The minimum absolute atomic E-state index is 0.102. The summed E-state index contributed by atoms with van der Waals surface area (Å²) < 4.78 is 2.70. The van der Waals surface area contributed by atoms with Crippen molar-refractivity contribution in [3.63, 3.8) is 0 Å². The Hall–Kier alpha value is -3.52. The third-order valence-corrected chi connectivity index (χ3v) is 4.31. The van der Waals surface area contributed by atoms with E-state index in [1.54, 1.807) is 0 Å². The number of aliphatic hydroxyl groups excluding tert-OH is 1. The maximum atomic E-state index is 12.6. The van der Waals surface area contributed by atoms with Gasteiger partial charge in [0.05, 0.1) is 19.3 Å². The monoisotopic (exact) mass is 363 g/mol. The van der Waals surface area contributed by atoms with Gasteiger partial charge in [-0.1, -0.05) is 36.4 Å². The van der Waals surface area contributed by atoms with E-state index in [9.17, 15) is 9.59 Å². The number of rotatable bonds is 5. The summed E-state index contributed by atoms with van der Waals surface area (Å²) in [4.78, 5) is 29.2. The van der Waals surface area contributed by atoms with Crippen LogP contribution in [0, 0.1) is 0 Å². The van der Waals surface area contributed by atoms with E-state index in [1.165, 1.54) is 21.8 Å². The number of fused-ring (bicyclic) bond motifs is 2. The lowest BCUT2D eigenvalue weighted by Gasteiger charge is -2.10. The standard InChI is InChI=1S/C19H17N5O3/c25-9-8-24-18-15(10-21-24)19(27)23(12-20-18)11-17(26)22-16-7-3-5-13-4-1-2-6-14(13)16/h1-7,10,12,25H,8-9,11H2,(H,22,26). The fourth-order valence-corrected chi connectivity index (χ4v) is 3.05. The number of hydrogen-bond donors (Lipinski definition) is 2. The highest BCUT2D eigenvalue weighted by atomic mass is 16.3. The van der Waals surface area contributed by atoms with E-state index >= 15 is 0 Å².